The Morgan fingerprint density at radius 1 is 1.04 bits per heavy atom. The molecule has 0 saturated carbocycles. The number of hydrazine groups is 1. The summed E-state index contributed by atoms with van der Waals surface area (Å²) in [6.45, 7) is 1.24. The molecule has 1 aliphatic rings. The third-order valence-corrected chi connectivity index (χ3v) is 5.33. The molecule has 1 aliphatic heterocycles. The van der Waals surface area contributed by atoms with Crippen molar-refractivity contribution in [2.75, 3.05) is 13.1 Å². The van der Waals surface area contributed by atoms with Crippen LogP contribution >= 0.6 is 11.6 Å². The highest BCUT2D eigenvalue weighted by molar-refractivity contribution is 7.89. The van der Waals surface area contributed by atoms with Crippen LogP contribution in [0.1, 0.15) is 12.0 Å². The summed E-state index contributed by atoms with van der Waals surface area (Å²) in [7, 11) is -3.57. The molecule has 1 heterocycles. The van der Waals surface area contributed by atoms with Crippen LogP contribution in [0.25, 0.3) is 0 Å². The second-order valence-corrected chi connectivity index (χ2v) is 7.70. The Hall–Kier alpha value is -1.99. The van der Waals surface area contributed by atoms with E-state index in [0.29, 0.717) is 23.8 Å². The molecular formula is C18H18ClN3O2S. The van der Waals surface area contributed by atoms with Gasteiger partial charge in [-0.25, -0.2) is 13.4 Å². The van der Waals surface area contributed by atoms with E-state index in [-0.39, 0.29) is 4.90 Å². The minimum absolute atomic E-state index is 0.215. The minimum Gasteiger partial charge on any atom is -0.256 e. The maximum atomic E-state index is 12.4. The molecule has 5 nitrogen and oxygen atoms in total. The van der Waals surface area contributed by atoms with Crippen LogP contribution in [0.4, 0.5) is 5.69 Å². The zero-order chi connectivity index (χ0) is 17.7. The van der Waals surface area contributed by atoms with Crippen LogP contribution < -0.4 is 4.83 Å². The number of hydrogen-bond donors (Lipinski definition) is 1. The summed E-state index contributed by atoms with van der Waals surface area (Å²) in [5.41, 5.74) is 1.59. The van der Waals surface area contributed by atoms with Crippen molar-refractivity contribution in [1.82, 2.24) is 9.84 Å². The first-order valence-corrected chi connectivity index (χ1v) is 9.71. The Bertz CT molecular complexity index is 876. The lowest BCUT2D eigenvalue weighted by molar-refractivity contribution is 0.263. The minimum atomic E-state index is -3.57. The van der Waals surface area contributed by atoms with Gasteiger partial charge in [-0.15, -0.1) is 4.83 Å². The van der Waals surface area contributed by atoms with Crippen LogP contribution in [0.2, 0.25) is 5.02 Å². The molecule has 0 unspecified atom stereocenters. The van der Waals surface area contributed by atoms with E-state index in [1.54, 1.807) is 47.6 Å². The van der Waals surface area contributed by atoms with Gasteiger partial charge < -0.3 is 0 Å². The molecule has 1 N–H and O–H groups in total. The summed E-state index contributed by atoms with van der Waals surface area (Å²) in [6.07, 6.45) is 6.53. The van der Waals surface area contributed by atoms with Crippen molar-refractivity contribution in [3.8, 4) is 0 Å². The molecule has 0 atom stereocenters. The van der Waals surface area contributed by atoms with E-state index in [1.165, 1.54) is 0 Å². The number of rotatable bonds is 5. The average Bonchev–Trinajstić information content (AvgIpc) is 2.62. The van der Waals surface area contributed by atoms with E-state index in [0.717, 1.165) is 12.0 Å². The Morgan fingerprint density at radius 3 is 2.40 bits per heavy atom. The van der Waals surface area contributed by atoms with Crippen LogP contribution in [0.5, 0.6) is 0 Å². The molecule has 0 fully saturated rings. The maximum absolute atomic E-state index is 12.4. The predicted octanol–water partition coefficient (Wildman–Crippen LogP) is 3.55. The number of aliphatic imine (C=N–C) groups is 1. The molecular weight excluding hydrogens is 358 g/mol. The number of nitrogens with one attached hydrogen (secondary N) is 1. The smallest absolute Gasteiger partial charge is 0.253 e. The first-order chi connectivity index (χ1) is 12.0. The quantitative estimate of drug-likeness (QED) is 0.642. The summed E-state index contributed by atoms with van der Waals surface area (Å²) in [6, 6.07) is 13.8. The monoisotopic (exact) mass is 375 g/mol. The molecule has 3 rings (SSSR count). The highest BCUT2D eigenvalue weighted by atomic mass is 35.5. The largest absolute Gasteiger partial charge is 0.256 e. The van der Waals surface area contributed by atoms with Gasteiger partial charge in [0.05, 0.1) is 10.6 Å². The molecule has 0 aliphatic carbocycles. The van der Waals surface area contributed by atoms with Crippen molar-refractivity contribution in [2.24, 2.45) is 4.99 Å². The van der Waals surface area contributed by atoms with Gasteiger partial charge in [0.1, 0.15) is 0 Å². The van der Waals surface area contributed by atoms with E-state index in [2.05, 4.69) is 9.82 Å². The molecule has 0 bridgehead atoms. The molecule has 0 aromatic heterocycles. The van der Waals surface area contributed by atoms with E-state index in [1.807, 2.05) is 24.3 Å². The van der Waals surface area contributed by atoms with Gasteiger partial charge in [-0.05, 0) is 48.4 Å². The topological polar surface area (TPSA) is 61.8 Å². The Morgan fingerprint density at radius 2 is 1.76 bits per heavy atom. The van der Waals surface area contributed by atoms with Crippen molar-refractivity contribution in [3.05, 3.63) is 71.3 Å². The molecule has 0 spiro atoms. The van der Waals surface area contributed by atoms with Gasteiger partial charge in [-0.2, -0.15) is 0 Å². The highest BCUT2D eigenvalue weighted by Crippen LogP contribution is 2.17. The molecule has 0 saturated heterocycles. The molecule has 7 heteroatoms. The van der Waals surface area contributed by atoms with Crippen LogP contribution in [0, 0.1) is 0 Å². The van der Waals surface area contributed by atoms with Gasteiger partial charge in [0, 0.05) is 24.3 Å². The van der Waals surface area contributed by atoms with Crippen molar-refractivity contribution in [2.45, 2.75) is 11.3 Å². The van der Waals surface area contributed by atoms with Crippen molar-refractivity contribution < 1.29 is 8.42 Å². The van der Waals surface area contributed by atoms with Crippen molar-refractivity contribution in [3.63, 3.8) is 0 Å². The summed E-state index contributed by atoms with van der Waals surface area (Å²) in [4.78, 5) is 7.15. The van der Waals surface area contributed by atoms with Gasteiger partial charge >= 0.3 is 0 Å². The molecule has 2 aromatic rings. The van der Waals surface area contributed by atoms with Gasteiger partial charge in [0.25, 0.3) is 10.0 Å². The predicted molar refractivity (Wildman–Crippen MR) is 101 cm³/mol. The van der Waals surface area contributed by atoms with Crippen LogP contribution in [-0.2, 0) is 10.0 Å². The third-order valence-electron chi connectivity index (χ3n) is 3.69. The molecule has 25 heavy (non-hydrogen) atoms. The Kier molecular flexibility index (Phi) is 5.65. The standard InChI is InChI=1S/C18H18ClN3O2S/c19-16-6-4-15(5-7-16)14-20-17-8-10-18(11-9-17)25(23,24)21-22-12-2-1-3-13-22/h1-2,4-11,14,21H,3,12-13H2. The number of nitrogens with zero attached hydrogens (tertiary/aromatic N) is 2. The summed E-state index contributed by atoms with van der Waals surface area (Å²) in [5, 5.41) is 2.35. The number of benzene rings is 2. The Labute approximate surface area is 152 Å². The van der Waals surface area contributed by atoms with Gasteiger partial charge in [-0.3, -0.25) is 4.99 Å². The summed E-state index contributed by atoms with van der Waals surface area (Å²) >= 11 is 5.84. The highest BCUT2D eigenvalue weighted by Gasteiger charge is 2.18. The van der Waals surface area contributed by atoms with Gasteiger partial charge in [0.2, 0.25) is 0 Å². The fraction of sp³-hybridized carbons (Fsp3) is 0.167. The van der Waals surface area contributed by atoms with Crippen molar-refractivity contribution >= 4 is 33.5 Å². The van der Waals surface area contributed by atoms with Gasteiger partial charge in [0.15, 0.2) is 0 Å². The summed E-state index contributed by atoms with van der Waals surface area (Å²) < 4.78 is 24.8. The second-order valence-electron chi connectivity index (χ2n) is 5.60. The summed E-state index contributed by atoms with van der Waals surface area (Å²) in [5.74, 6) is 0. The fourth-order valence-electron chi connectivity index (χ4n) is 2.36. The third kappa shape index (κ3) is 4.99. The average molecular weight is 376 g/mol. The molecule has 2 aromatic carbocycles. The molecule has 0 radical (unpaired) electrons. The van der Waals surface area contributed by atoms with E-state index < -0.39 is 10.0 Å². The van der Waals surface area contributed by atoms with E-state index in [9.17, 15) is 8.42 Å². The van der Waals surface area contributed by atoms with E-state index >= 15 is 0 Å². The maximum Gasteiger partial charge on any atom is 0.253 e. The zero-order valence-corrected chi connectivity index (χ0v) is 15.0. The molecule has 0 amide bonds. The Balaban J connectivity index is 1.68. The molecule has 130 valence electrons. The number of halogens is 1. The SMILES string of the molecule is O=S(=O)(NN1CC=CCC1)c1ccc(N=Cc2ccc(Cl)cc2)cc1. The zero-order valence-electron chi connectivity index (χ0n) is 13.5. The van der Waals surface area contributed by atoms with Gasteiger partial charge in [-0.1, -0.05) is 35.9 Å². The first kappa shape index (κ1) is 17.8. The fourth-order valence-corrected chi connectivity index (χ4v) is 3.59. The number of sulfonamides is 1. The lowest BCUT2D eigenvalue weighted by Crippen LogP contribution is -2.43. The first-order valence-electron chi connectivity index (χ1n) is 7.85. The van der Waals surface area contributed by atoms with Crippen LogP contribution in [0.15, 0.2) is 70.6 Å². The number of hydrogen-bond acceptors (Lipinski definition) is 4. The van der Waals surface area contributed by atoms with Crippen LogP contribution in [-0.4, -0.2) is 32.7 Å². The lowest BCUT2D eigenvalue weighted by atomic mass is 10.2. The lowest BCUT2D eigenvalue weighted by Gasteiger charge is -2.23. The van der Waals surface area contributed by atoms with E-state index in [4.69, 9.17) is 11.6 Å². The normalized spacial score (nSPS) is 15.7. The van der Waals surface area contributed by atoms with Crippen molar-refractivity contribution in [1.29, 1.82) is 0 Å². The van der Waals surface area contributed by atoms with Crippen LogP contribution in [0.3, 0.4) is 0 Å². The second kappa shape index (κ2) is 7.93.